The molecule has 7 unspecified atom stereocenters. The summed E-state index contributed by atoms with van der Waals surface area (Å²) < 4.78 is 8.58. The maximum absolute atomic E-state index is 11.4. The molecule has 28 heteroatoms. The first-order valence-electron chi connectivity index (χ1n) is 32.9. The fourth-order valence-electron chi connectivity index (χ4n) is 16.7. The minimum atomic E-state index is -0.723. The molecular weight excluding hydrogens is 1350 g/mol. The van der Waals surface area contributed by atoms with Crippen molar-refractivity contribution in [3.63, 3.8) is 0 Å². The van der Waals surface area contributed by atoms with Gasteiger partial charge in [0.25, 0.3) is 23.6 Å². The van der Waals surface area contributed by atoms with Gasteiger partial charge in [-0.05, 0) is 73.6 Å². The quantitative estimate of drug-likeness (QED) is 0.0702. The highest BCUT2D eigenvalue weighted by Crippen LogP contribution is 2.55. The molecule has 4 aliphatic heterocycles. The van der Waals surface area contributed by atoms with E-state index in [0.717, 1.165) is 93.7 Å². The molecule has 8 aromatic heterocycles. The van der Waals surface area contributed by atoms with Crippen LogP contribution in [-0.2, 0) is 25.7 Å². The van der Waals surface area contributed by atoms with E-state index in [1.54, 1.807) is 0 Å². The van der Waals surface area contributed by atoms with Crippen LogP contribution in [0.15, 0.2) is 147 Å². The van der Waals surface area contributed by atoms with Gasteiger partial charge in [0.15, 0.2) is 20.0 Å². The van der Waals surface area contributed by atoms with Gasteiger partial charge in [-0.25, -0.2) is 39.9 Å². The molecule has 0 saturated heterocycles. The van der Waals surface area contributed by atoms with Gasteiger partial charge in [-0.15, -0.1) is 45.3 Å². The van der Waals surface area contributed by atoms with Crippen molar-refractivity contribution in [3.8, 4) is 45.0 Å². The monoisotopic (exact) mass is 1410 g/mol. The van der Waals surface area contributed by atoms with Crippen LogP contribution in [0.2, 0.25) is 0 Å². The number of thiazole rings is 4. The molecule has 20 rings (SSSR count). The van der Waals surface area contributed by atoms with Gasteiger partial charge in [-0.2, -0.15) is 0 Å². The van der Waals surface area contributed by atoms with Gasteiger partial charge in [-0.1, -0.05) is 97.1 Å². The molecule has 0 fully saturated rings. The normalized spacial score (nSPS) is 23.8. The first-order valence-corrected chi connectivity index (χ1v) is 36.2. The van der Waals surface area contributed by atoms with Crippen molar-refractivity contribution in [1.29, 1.82) is 0 Å². The summed E-state index contributed by atoms with van der Waals surface area (Å²) in [6.45, 7) is 0. The second-order valence-electron chi connectivity index (χ2n) is 26.2. The van der Waals surface area contributed by atoms with Crippen LogP contribution in [0.3, 0.4) is 0 Å². The Kier molecular flexibility index (Phi) is 15.8. The molecule has 4 amide bonds. The van der Waals surface area contributed by atoms with Crippen LogP contribution in [0, 0.1) is 23.7 Å². The number of amides is 4. The van der Waals surface area contributed by atoms with Crippen molar-refractivity contribution < 1.29 is 39.6 Å². The fourth-order valence-corrected chi connectivity index (χ4v) is 20.6. The van der Waals surface area contributed by atoms with Gasteiger partial charge in [-0.3, -0.25) is 19.2 Å². The van der Waals surface area contributed by atoms with E-state index in [0.29, 0.717) is 22.8 Å². The third-order valence-corrected chi connectivity index (χ3v) is 25.6. The number of benzene rings is 4. The van der Waals surface area contributed by atoms with Crippen molar-refractivity contribution in [2.24, 2.45) is 46.6 Å². The van der Waals surface area contributed by atoms with Gasteiger partial charge < -0.3 is 61.6 Å². The standard InChI is InChI=1S/4C18H16N4O2S/c4*19-17(24)18-21-14-13(25-18)6-5-11(16(14)23)15-10-4-2-1-3-9(10)12-7-20-8-22(12)15/h4*1-4,7-8,11,15-16,23H,5-6H2,(H2,19,24)/t3*11?,15-,16?;11-,15?,16+/m0000/s1. The van der Waals surface area contributed by atoms with Crippen LogP contribution >= 0.6 is 45.3 Å². The van der Waals surface area contributed by atoms with Crippen LogP contribution in [-0.4, -0.2) is 102 Å². The molecule has 0 bridgehead atoms. The van der Waals surface area contributed by atoms with Crippen molar-refractivity contribution >= 4 is 69.0 Å². The van der Waals surface area contributed by atoms with E-state index in [1.807, 2.05) is 98.6 Å². The summed E-state index contributed by atoms with van der Waals surface area (Å²) in [4.78, 5) is 84.0. The predicted octanol–water partition coefficient (Wildman–Crippen LogP) is 9.22. The number of aryl methyl sites for hydroxylation is 4. The first-order chi connectivity index (χ1) is 48.6. The van der Waals surface area contributed by atoms with Gasteiger partial charge in [0.2, 0.25) is 0 Å². The number of nitrogens with zero attached hydrogens (tertiary/aromatic N) is 12. The Morgan fingerprint density at radius 3 is 0.760 bits per heavy atom. The summed E-state index contributed by atoms with van der Waals surface area (Å²) >= 11 is 5.20. The summed E-state index contributed by atoms with van der Waals surface area (Å²) in [7, 11) is 0. The van der Waals surface area contributed by atoms with E-state index < -0.39 is 48.0 Å². The molecular formula is C72H64N16O8S4. The number of carbonyl (C=O) groups is 4. The van der Waals surface area contributed by atoms with Crippen LogP contribution in [0.1, 0.15) is 178 Å². The summed E-state index contributed by atoms with van der Waals surface area (Å²) in [5.74, 6) is -2.23. The number of primary amides is 4. The maximum atomic E-state index is 11.4. The summed E-state index contributed by atoms with van der Waals surface area (Å²) in [5.41, 5.74) is 37.7. The molecule has 504 valence electrons. The van der Waals surface area contributed by atoms with E-state index in [4.69, 9.17) is 22.9 Å². The van der Waals surface area contributed by atoms with Gasteiger partial charge in [0.05, 0.1) is 120 Å². The first kappa shape index (κ1) is 63.4. The highest BCUT2D eigenvalue weighted by Gasteiger charge is 2.47. The van der Waals surface area contributed by atoms with Crippen molar-refractivity contribution in [2.45, 2.75) is 99.9 Å². The van der Waals surface area contributed by atoms with Crippen molar-refractivity contribution in [1.82, 2.24) is 58.1 Å². The zero-order valence-corrected chi connectivity index (χ0v) is 56.4. The Balaban J connectivity index is 0.0000000997. The van der Waals surface area contributed by atoms with Crippen LogP contribution in [0.25, 0.3) is 45.0 Å². The predicted molar refractivity (Wildman–Crippen MR) is 373 cm³/mol. The molecule has 4 aromatic carbocycles. The number of carbonyl (C=O) groups excluding carboxylic acids is 4. The number of aromatic nitrogens is 12. The minimum absolute atomic E-state index is 0.0214. The molecule has 0 radical (unpaired) electrons. The average molecular weight is 1410 g/mol. The molecule has 12 aromatic rings. The van der Waals surface area contributed by atoms with Crippen LogP contribution in [0.5, 0.6) is 0 Å². The van der Waals surface area contributed by atoms with Gasteiger partial charge >= 0.3 is 0 Å². The van der Waals surface area contributed by atoms with E-state index in [-0.39, 0.29) is 67.9 Å². The third kappa shape index (κ3) is 10.3. The van der Waals surface area contributed by atoms with Crippen molar-refractivity contribution in [2.75, 3.05) is 0 Å². The number of hydrogen-bond acceptors (Lipinski definition) is 20. The average Bonchev–Trinajstić information content (AvgIpc) is 1.60. The molecule has 100 heavy (non-hydrogen) atoms. The molecule has 0 saturated carbocycles. The molecule has 0 spiro atoms. The number of fused-ring (bicyclic) bond motifs is 16. The Hall–Kier alpha value is -10.0. The van der Waals surface area contributed by atoms with Crippen molar-refractivity contribution in [3.05, 3.63) is 232 Å². The van der Waals surface area contributed by atoms with E-state index in [1.165, 1.54) is 89.9 Å². The SMILES string of the molecule is NC(=O)c1nc2c(s1)CCC([C@@H]1c3ccccc3-c3cncn31)C2O.NC(=O)c1nc2c(s1)CCC([C@@H]1c3ccccc3-c3cncn31)C2O.NC(=O)c1nc2c(s1)CCC([C@@H]1c3ccccc3-c3cncn31)C2O.NC(=O)c1nc2c(s1)CC[C@@H](C1c3ccccc3-c3cncn31)[C@H]2O. The number of nitrogens with two attached hydrogens (primary N) is 4. The topological polar surface area (TPSA) is 376 Å². The molecule has 4 aliphatic carbocycles. The number of hydrogen-bond donors (Lipinski definition) is 8. The summed E-state index contributed by atoms with van der Waals surface area (Å²) in [6, 6.07) is 33.1. The zero-order chi connectivity index (χ0) is 68.5. The van der Waals surface area contributed by atoms with E-state index >= 15 is 0 Å². The van der Waals surface area contributed by atoms with E-state index in [2.05, 4.69) is 107 Å². The Morgan fingerprint density at radius 1 is 0.340 bits per heavy atom. The maximum Gasteiger partial charge on any atom is 0.277 e. The number of rotatable bonds is 8. The molecule has 8 aliphatic rings. The second kappa shape index (κ2) is 25.0. The van der Waals surface area contributed by atoms with Crippen LogP contribution < -0.4 is 22.9 Å². The fraction of sp³-hybridized carbons (Fsp3) is 0.278. The smallest absolute Gasteiger partial charge is 0.277 e. The lowest BCUT2D eigenvalue weighted by Crippen LogP contribution is -2.28. The highest BCUT2D eigenvalue weighted by atomic mass is 32.1. The Labute approximate surface area is 586 Å². The molecule has 12 heterocycles. The largest absolute Gasteiger partial charge is 0.386 e. The number of aliphatic hydroxyl groups excluding tert-OH is 4. The molecule has 12 N–H and O–H groups in total. The summed E-state index contributed by atoms with van der Waals surface area (Å²) in [6.07, 6.45) is 18.4. The van der Waals surface area contributed by atoms with Gasteiger partial charge in [0, 0.05) is 65.4 Å². The van der Waals surface area contributed by atoms with Crippen LogP contribution in [0.4, 0.5) is 0 Å². The Bertz CT molecular complexity index is 4610. The lowest BCUT2D eigenvalue weighted by atomic mass is 9.80. The summed E-state index contributed by atoms with van der Waals surface area (Å²) in [5, 5.41) is 45.2. The zero-order valence-electron chi connectivity index (χ0n) is 53.2. The highest BCUT2D eigenvalue weighted by molar-refractivity contribution is 7.14. The number of imidazole rings is 4. The number of aliphatic hydroxyl groups is 4. The Morgan fingerprint density at radius 2 is 0.550 bits per heavy atom. The van der Waals surface area contributed by atoms with E-state index in [9.17, 15) is 39.6 Å². The second-order valence-corrected chi connectivity index (χ2v) is 30.6. The molecule has 24 nitrogen and oxygen atoms in total. The third-order valence-electron chi connectivity index (χ3n) is 21.0. The lowest BCUT2D eigenvalue weighted by Gasteiger charge is -2.33. The minimum Gasteiger partial charge on any atom is -0.386 e. The molecule has 12 atom stereocenters. The lowest BCUT2D eigenvalue weighted by molar-refractivity contribution is 0.0688. The van der Waals surface area contributed by atoms with Gasteiger partial charge in [0.1, 0.15) is 24.4 Å².